The Morgan fingerprint density at radius 3 is 2.88 bits per heavy atom. The first kappa shape index (κ1) is 19.1. The summed E-state index contributed by atoms with van der Waals surface area (Å²) in [7, 11) is 0. The number of thiophene rings is 1. The molecule has 0 radical (unpaired) electrons. The lowest BCUT2D eigenvalue weighted by Crippen LogP contribution is -2.13. The highest BCUT2D eigenvalue weighted by molar-refractivity contribution is 8.01. The highest BCUT2D eigenvalue weighted by atomic mass is 32.2. The predicted molar refractivity (Wildman–Crippen MR) is 108 cm³/mol. The van der Waals surface area contributed by atoms with Gasteiger partial charge in [0, 0.05) is 11.4 Å². The van der Waals surface area contributed by atoms with Crippen LogP contribution in [0, 0.1) is 17.2 Å². The first-order valence-corrected chi connectivity index (χ1v) is 11.2. The molecule has 0 saturated heterocycles. The molecule has 138 valence electrons. The summed E-state index contributed by atoms with van der Waals surface area (Å²) in [5, 5.41) is 25.3. The molecule has 3 rings (SSSR count). The second kappa shape index (κ2) is 8.84. The number of amides is 1. The molecule has 0 spiro atoms. The predicted octanol–water partition coefficient (Wildman–Crippen LogP) is 4.15. The van der Waals surface area contributed by atoms with Crippen LogP contribution in [0.15, 0.2) is 4.34 Å². The SMILES string of the molecule is CC(C)CNc1nnc(SCC(=O)Nc2sc3c(c2C#N)CCCC3)s1. The molecule has 2 aromatic heterocycles. The third-order valence-corrected chi connectivity index (χ3v) is 7.15. The van der Waals surface area contributed by atoms with Gasteiger partial charge in [-0.2, -0.15) is 5.26 Å². The van der Waals surface area contributed by atoms with Gasteiger partial charge in [-0.1, -0.05) is 36.9 Å². The van der Waals surface area contributed by atoms with Gasteiger partial charge in [-0.3, -0.25) is 4.79 Å². The van der Waals surface area contributed by atoms with E-state index < -0.39 is 0 Å². The Kier molecular flexibility index (Phi) is 6.51. The van der Waals surface area contributed by atoms with Gasteiger partial charge in [-0.25, -0.2) is 0 Å². The quantitative estimate of drug-likeness (QED) is 0.670. The van der Waals surface area contributed by atoms with Gasteiger partial charge in [0.25, 0.3) is 0 Å². The number of aryl methyl sites for hydroxylation is 1. The molecule has 0 fully saturated rings. The normalized spacial score (nSPS) is 13.3. The Balaban J connectivity index is 1.55. The maximum Gasteiger partial charge on any atom is 0.235 e. The summed E-state index contributed by atoms with van der Waals surface area (Å²) in [4.78, 5) is 13.5. The number of carbonyl (C=O) groups is 1. The zero-order valence-electron chi connectivity index (χ0n) is 14.8. The van der Waals surface area contributed by atoms with Crippen molar-refractivity contribution in [3.8, 4) is 6.07 Å². The molecule has 2 aromatic rings. The van der Waals surface area contributed by atoms with Crippen LogP contribution >= 0.6 is 34.4 Å². The summed E-state index contributed by atoms with van der Waals surface area (Å²) in [6.07, 6.45) is 4.23. The van der Waals surface area contributed by atoms with E-state index in [1.54, 1.807) is 11.3 Å². The van der Waals surface area contributed by atoms with Gasteiger partial charge in [0.05, 0.1) is 11.3 Å². The highest BCUT2D eigenvalue weighted by Gasteiger charge is 2.21. The van der Waals surface area contributed by atoms with Crippen molar-refractivity contribution in [2.24, 2.45) is 5.92 Å². The van der Waals surface area contributed by atoms with E-state index >= 15 is 0 Å². The van der Waals surface area contributed by atoms with Crippen LogP contribution < -0.4 is 10.6 Å². The molecule has 0 bridgehead atoms. The van der Waals surface area contributed by atoms with Crippen LogP contribution in [0.1, 0.15) is 42.7 Å². The molecule has 9 heteroatoms. The van der Waals surface area contributed by atoms with E-state index in [1.165, 1.54) is 28.0 Å². The Bertz CT molecular complexity index is 821. The van der Waals surface area contributed by atoms with Crippen molar-refractivity contribution in [3.05, 3.63) is 16.0 Å². The van der Waals surface area contributed by atoms with Crippen LogP contribution in [0.2, 0.25) is 0 Å². The van der Waals surface area contributed by atoms with Crippen molar-refractivity contribution in [2.45, 2.75) is 43.9 Å². The van der Waals surface area contributed by atoms with E-state index in [4.69, 9.17) is 0 Å². The fourth-order valence-corrected chi connectivity index (χ4v) is 5.51. The van der Waals surface area contributed by atoms with Crippen molar-refractivity contribution in [1.82, 2.24) is 10.2 Å². The summed E-state index contributed by atoms with van der Waals surface area (Å²) in [6.45, 7) is 5.11. The van der Waals surface area contributed by atoms with Crippen LogP contribution in [-0.4, -0.2) is 28.4 Å². The summed E-state index contributed by atoms with van der Waals surface area (Å²) in [5.41, 5.74) is 1.79. The van der Waals surface area contributed by atoms with Crippen LogP contribution in [0.4, 0.5) is 10.1 Å². The van der Waals surface area contributed by atoms with E-state index in [9.17, 15) is 10.1 Å². The monoisotopic (exact) mass is 407 g/mol. The third kappa shape index (κ3) is 4.75. The number of rotatable bonds is 7. The lowest BCUT2D eigenvalue weighted by Gasteiger charge is -2.09. The standard InChI is InChI=1S/C17H21N5OS3/c1-10(2)8-19-16-21-22-17(26-16)24-9-14(23)20-15-12(7-18)11-5-3-4-6-13(11)25-15/h10H,3-6,8-9H2,1-2H3,(H,19,21)(H,20,23). The molecule has 1 aliphatic rings. The molecule has 2 heterocycles. The molecule has 0 unspecified atom stereocenters. The number of hydrogen-bond acceptors (Lipinski definition) is 8. The molecule has 6 nitrogen and oxygen atoms in total. The summed E-state index contributed by atoms with van der Waals surface area (Å²) in [6, 6.07) is 2.27. The molecule has 0 atom stereocenters. The molecular formula is C17H21N5OS3. The van der Waals surface area contributed by atoms with Gasteiger partial charge in [-0.15, -0.1) is 21.5 Å². The number of nitrogens with zero attached hydrogens (tertiary/aromatic N) is 3. The number of nitriles is 1. The zero-order valence-corrected chi connectivity index (χ0v) is 17.2. The van der Waals surface area contributed by atoms with E-state index in [0.717, 1.165) is 47.3 Å². The average Bonchev–Trinajstić information content (AvgIpc) is 3.21. The Morgan fingerprint density at radius 2 is 2.12 bits per heavy atom. The molecule has 1 amide bonds. The van der Waals surface area contributed by atoms with Gasteiger partial charge in [-0.05, 0) is 37.2 Å². The smallest absolute Gasteiger partial charge is 0.235 e. The minimum Gasteiger partial charge on any atom is -0.360 e. The Labute approximate surface area is 165 Å². The van der Waals surface area contributed by atoms with Gasteiger partial charge in [0.2, 0.25) is 11.0 Å². The van der Waals surface area contributed by atoms with Crippen molar-refractivity contribution in [3.63, 3.8) is 0 Å². The summed E-state index contributed by atoms with van der Waals surface area (Å²) >= 11 is 4.37. The lowest BCUT2D eigenvalue weighted by atomic mass is 9.96. The maximum atomic E-state index is 12.3. The van der Waals surface area contributed by atoms with Crippen LogP contribution in [0.3, 0.4) is 0 Å². The number of thioether (sulfide) groups is 1. The van der Waals surface area contributed by atoms with Crippen molar-refractivity contribution in [2.75, 3.05) is 22.9 Å². The first-order chi connectivity index (χ1) is 12.6. The fraction of sp³-hybridized carbons (Fsp3) is 0.529. The van der Waals surface area contributed by atoms with Crippen molar-refractivity contribution < 1.29 is 4.79 Å². The fourth-order valence-electron chi connectivity index (χ4n) is 2.69. The maximum absolute atomic E-state index is 12.3. The molecule has 0 aliphatic heterocycles. The second-order valence-corrected chi connectivity index (χ2v) is 9.82. The minimum absolute atomic E-state index is 0.114. The van der Waals surface area contributed by atoms with Crippen LogP contribution in [0.25, 0.3) is 0 Å². The van der Waals surface area contributed by atoms with E-state index in [1.807, 2.05) is 0 Å². The topological polar surface area (TPSA) is 90.7 Å². The van der Waals surface area contributed by atoms with Crippen LogP contribution in [0.5, 0.6) is 0 Å². The van der Waals surface area contributed by atoms with E-state index in [2.05, 4.69) is 40.7 Å². The van der Waals surface area contributed by atoms with E-state index in [0.29, 0.717) is 16.5 Å². The highest BCUT2D eigenvalue weighted by Crippen LogP contribution is 2.37. The largest absolute Gasteiger partial charge is 0.360 e. The summed E-state index contributed by atoms with van der Waals surface area (Å²) < 4.78 is 0.761. The molecule has 2 N–H and O–H groups in total. The molecule has 0 aromatic carbocycles. The van der Waals surface area contributed by atoms with Gasteiger partial charge >= 0.3 is 0 Å². The third-order valence-electron chi connectivity index (χ3n) is 3.93. The minimum atomic E-state index is -0.114. The summed E-state index contributed by atoms with van der Waals surface area (Å²) in [5.74, 6) is 0.676. The number of nitrogens with one attached hydrogen (secondary N) is 2. The average molecular weight is 408 g/mol. The van der Waals surface area contributed by atoms with Crippen LogP contribution in [-0.2, 0) is 17.6 Å². The number of anilines is 2. The molecule has 26 heavy (non-hydrogen) atoms. The molecule has 1 aliphatic carbocycles. The Morgan fingerprint density at radius 1 is 1.31 bits per heavy atom. The first-order valence-electron chi connectivity index (χ1n) is 8.61. The van der Waals surface area contributed by atoms with Gasteiger partial charge in [0.15, 0.2) is 4.34 Å². The van der Waals surface area contributed by atoms with Crippen molar-refractivity contribution in [1.29, 1.82) is 5.26 Å². The van der Waals surface area contributed by atoms with Gasteiger partial charge in [0.1, 0.15) is 11.1 Å². The number of carbonyl (C=O) groups excluding carboxylic acids is 1. The zero-order chi connectivity index (χ0) is 18.5. The number of aromatic nitrogens is 2. The van der Waals surface area contributed by atoms with Crippen molar-refractivity contribution >= 4 is 50.5 Å². The Hall–Kier alpha value is -1.63. The molecular weight excluding hydrogens is 386 g/mol. The van der Waals surface area contributed by atoms with E-state index in [-0.39, 0.29) is 11.7 Å². The second-order valence-electron chi connectivity index (χ2n) is 6.51. The lowest BCUT2D eigenvalue weighted by molar-refractivity contribution is -0.113. The number of fused-ring (bicyclic) bond motifs is 1. The van der Waals surface area contributed by atoms with Gasteiger partial charge < -0.3 is 10.6 Å². The number of hydrogen-bond donors (Lipinski definition) is 2. The molecule has 0 saturated carbocycles.